The Balaban J connectivity index is 2.22. The zero-order chi connectivity index (χ0) is 14.7. The number of likely N-dealkylation sites (tertiary alicyclic amines) is 1. The summed E-state index contributed by atoms with van der Waals surface area (Å²) in [6, 6.07) is 7.73. The fourth-order valence-electron chi connectivity index (χ4n) is 2.45. The number of β-amino-alcohol motifs (C(OH)–C–C–N with tert-alkyl or cyclic N) is 1. The van der Waals surface area contributed by atoms with Crippen molar-refractivity contribution in [3.05, 3.63) is 30.3 Å². The molecule has 0 saturated carbocycles. The lowest BCUT2D eigenvalue weighted by molar-refractivity contribution is -0.141. The van der Waals surface area contributed by atoms with E-state index in [0.29, 0.717) is 12.2 Å². The second-order valence-corrected chi connectivity index (χ2v) is 4.76. The lowest BCUT2D eigenvalue weighted by Gasteiger charge is -2.29. The van der Waals surface area contributed by atoms with Crippen LogP contribution >= 0.6 is 0 Å². The number of amides is 2. The summed E-state index contributed by atoms with van der Waals surface area (Å²) in [6.45, 7) is 2.31. The zero-order valence-corrected chi connectivity index (χ0v) is 11.3. The molecular formula is C14H18N2O4. The molecule has 0 spiro atoms. The molecular weight excluding hydrogens is 260 g/mol. The second kappa shape index (κ2) is 5.92. The molecule has 2 atom stereocenters. The molecule has 0 radical (unpaired) electrons. The zero-order valence-electron chi connectivity index (χ0n) is 11.3. The largest absolute Gasteiger partial charge is 0.480 e. The summed E-state index contributed by atoms with van der Waals surface area (Å²) < 4.78 is 0. The van der Waals surface area contributed by atoms with Gasteiger partial charge in [-0.25, -0.2) is 9.59 Å². The summed E-state index contributed by atoms with van der Waals surface area (Å²) in [7, 11) is 0. The lowest BCUT2D eigenvalue weighted by atomic mass is 10.2. The van der Waals surface area contributed by atoms with Crippen LogP contribution in [-0.4, -0.2) is 52.3 Å². The third kappa shape index (κ3) is 2.75. The number of anilines is 1. The molecule has 1 aromatic rings. The minimum absolute atomic E-state index is 0.0547. The average Bonchev–Trinajstić information content (AvgIpc) is 2.83. The molecule has 1 saturated heterocycles. The number of rotatable bonds is 3. The van der Waals surface area contributed by atoms with E-state index in [4.69, 9.17) is 5.11 Å². The topological polar surface area (TPSA) is 81.1 Å². The first-order valence-corrected chi connectivity index (χ1v) is 6.58. The Labute approximate surface area is 117 Å². The lowest BCUT2D eigenvalue weighted by Crippen LogP contribution is -2.48. The van der Waals surface area contributed by atoms with Crippen LogP contribution in [0.4, 0.5) is 10.5 Å². The third-order valence-electron chi connectivity index (χ3n) is 3.42. The van der Waals surface area contributed by atoms with Crippen LogP contribution in [0.2, 0.25) is 0 Å². The maximum Gasteiger partial charge on any atom is 0.326 e. The average molecular weight is 278 g/mol. The third-order valence-corrected chi connectivity index (χ3v) is 3.42. The summed E-state index contributed by atoms with van der Waals surface area (Å²) >= 11 is 0. The molecule has 2 N–H and O–H groups in total. The molecule has 2 rings (SSSR count). The number of aliphatic carboxylic acids is 1. The molecule has 0 bridgehead atoms. The van der Waals surface area contributed by atoms with Crippen LogP contribution in [0, 0.1) is 0 Å². The quantitative estimate of drug-likeness (QED) is 0.869. The molecule has 1 aliphatic rings. The molecule has 6 nitrogen and oxygen atoms in total. The summed E-state index contributed by atoms with van der Waals surface area (Å²) in [5.41, 5.74) is 0.713. The van der Waals surface area contributed by atoms with Crippen molar-refractivity contribution in [1.29, 1.82) is 0 Å². The molecule has 108 valence electrons. The Kier molecular flexibility index (Phi) is 4.24. The van der Waals surface area contributed by atoms with Gasteiger partial charge in [-0.3, -0.25) is 4.90 Å². The molecule has 0 aromatic heterocycles. The summed E-state index contributed by atoms with van der Waals surface area (Å²) in [6.07, 6.45) is -0.706. The smallest absolute Gasteiger partial charge is 0.326 e. The van der Waals surface area contributed by atoms with E-state index in [1.54, 1.807) is 12.1 Å². The van der Waals surface area contributed by atoms with Gasteiger partial charge >= 0.3 is 12.0 Å². The Hall–Kier alpha value is -2.08. The molecule has 2 amide bonds. The van der Waals surface area contributed by atoms with Crippen LogP contribution in [0.15, 0.2) is 30.3 Å². The van der Waals surface area contributed by atoms with Crippen LogP contribution in [0.1, 0.15) is 13.3 Å². The number of carboxylic acid groups (broad SMARTS) is 1. The highest BCUT2D eigenvalue weighted by Crippen LogP contribution is 2.23. The Bertz CT molecular complexity index is 491. The van der Waals surface area contributed by atoms with Crippen LogP contribution in [0.3, 0.4) is 0 Å². The summed E-state index contributed by atoms with van der Waals surface area (Å²) in [5.74, 6) is -1.08. The van der Waals surface area contributed by atoms with Crippen molar-refractivity contribution < 1.29 is 19.8 Å². The summed E-state index contributed by atoms with van der Waals surface area (Å²) in [4.78, 5) is 26.4. The predicted octanol–water partition coefficient (Wildman–Crippen LogP) is 1.15. The first kappa shape index (κ1) is 14.3. The molecule has 1 heterocycles. The Morgan fingerprint density at radius 1 is 1.35 bits per heavy atom. The first-order valence-electron chi connectivity index (χ1n) is 6.58. The highest BCUT2D eigenvalue weighted by Gasteiger charge is 2.40. The molecule has 1 aromatic carbocycles. The van der Waals surface area contributed by atoms with Gasteiger partial charge in [-0.2, -0.15) is 0 Å². The highest BCUT2D eigenvalue weighted by molar-refractivity contribution is 5.94. The molecule has 0 unspecified atom stereocenters. The number of carbonyl (C=O) groups excluding carboxylic acids is 1. The summed E-state index contributed by atoms with van der Waals surface area (Å²) in [5, 5.41) is 18.8. The number of hydrogen-bond donors (Lipinski definition) is 2. The van der Waals surface area contributed by atoms with Crippen molar-refractivity contribution >= 4 is 17.7 Å². The van der Waals surface area contributed by atoms with E-state index in [9.17, 15) is 14.7 Å². The highest BCUT2D eigenvalue weighted by atomic mass is 16.4. The van der Waals surface area contributed by atoms with Crippen LogP contribution in [-0.2, 0) is 4.79 Å². The second-order valence-electron chi connectivity index (χ2n) is 4.76. The van der Waals surface area contributed by atoms with Gasteiger partial charge in [0, 0.05) is 25.2 Å². The first-order chi connectivity index (χ1) is 9.54. The van der Waals surface area contributed by atoms with Crippen LogP contribution in [0.5, 0.6) is 0 Å². The van der Waals surface area contributed by atoms with E-state index in [1.807, 2.05) is 25.1 Å². The van der Waals surface area contributed by atoms with Gasteiger partial charge in [-0.15, -0.1) is 0 Å². The molecule has 1 fully saturated rings. The monoisotopic (exact) mass is 278 g/mol. The number of nitrogens with zero attached hydrogens (tertiary/aromatic N) is 2. The van der Waals surface area contributed by atoms with Gasteiger partial charge in [0.1, 0.15) is 6.04 Å². The minimum atomic E-state index is -1.08. The van der Waals surface area contributed by atoms with Crippen molar-refractivity contribution in [2.45, 2.75) is 25.5 Å². The van der Waals surface area contributed by atoms with Gasteiger partial charge in [-0.1, -0.05) is 18.2 Å². The fraction of sp³-hybridized carbons (Fsp3) is 0.429. The minimum Gasteiger partial charge on any atom is -0.480 e. The molecule has 20 heavy (non-hydrogen) atoms. The van der Waals surface area contributed by atoms with E-state index in [0.717, 1.165) is 0 Å². The number of carboxylic acids is 1. The standard InChI is InChI=1S/C14H18N2O4/c1-2-15(10-6-4-3-5-7-10)14(20)16-9-11(17)8-12(16)13(18)19/h3-7,11-12,17H,2,8-9H2,1H3,(H,18,19)/t11-,12+/m0/s1. The number of para-hydroxylation sites is 1. The number of hydrogen-bond acceptors (Lipinski definition) is 3. The fourth-order valence-corrected chi connectivity index (χ4v) is 2.45. The Morgan fingerprint density at radius 2 is 2.00 bits per heavy atom. The van der Waals surface area contributed by atoms with Crippen molar-refractivity contribution in [2.75, 3.05) is 18.0 Å². The number of carbonyl (C=O) groups is 2. The van der Waals surface area contributed by atoms with Crippen molar-refractivity contribution in [3.8, 4) is 0 Å². The maximum absolute atomic E-state index is 12.5. The number of aliphatic hydroxyl groups excluding tert-OH is 1. The predicted molar refractivity (Wildman–Crippen MR) is 73.6 cm³/mol. The van der Waals surface area contributed by atoms with Gasteiger partial charge in [0.15, 0.2) is 0 Å². The van der Waals surface area contributed by atoms with Crippen molar-refractivity contribution in [3.63, 3.8) is 0 Å². The van der Waals surface area contributed by atoms with Crippen LogP contribution < -0.4 is 4.90 Å². The number of benzene rings is 1. The van der Waals surface area contributed by atoms with Crippen LogP contribution in [0.25, 0.3) is 0 Å². The van der Waals surface area contributed by atoms with Gasteiger partial charge in [0.05, 0.1) is 6.10 Å². The van der Waals surface area contributed by atoms with Gasteiger partial charge in [0.25, 0.3) is 0 Å². The van der Waals surface area contributed by atoms with E-state index in [1.165, 1.54) is 9.80 Å². The number of urea groups is 1. The van der Waals surface area contributed by atoms with Crippen molar-refractivity contribution in [1.82, 2.24) is 4.90 Å². The Morgan fingerprint density at radius 3 is 2.55 bits per heavy atom. The van der Waals surface area contributed by atoms with Gasteiger partial charge in [-0.05, 0) is 19.1 Å². The normalized spacial score (nSPS) is 21.8. The van der Waals surface area contributed by atoms with E-state index >= 15 is 0 Å². The molecule has 0 aliphatic carbocycles. The van der Waals surface area contributed by atoms with E-state index in [-0.39, 0.29) is 19.0 Å². The SMILES string of the molecule is CCN(C(=O)N1C[C@@H](O)C[C@@H]1C(=O)O)c1ccccc1. The number of aliphatic hydroxyl groups is 1. The van der Waals surface area contributed by atoms with Crippen molar-refractivity contribution in [2.24, 2.45) is 0 Å². The van der Waals surface area contributed by atoms with E-state index in [2.05, 4.69) is 0 Å². The van der Waals surface area contributed by atoms with E-state index < -0.39 is 18.1 Å². The van der Waals surface area contributed by atoms with Gasteiger partial charge < -0.3 is 15.1 Å². The molecule has 6 heteroatoms. The van der Waals surface area contributed by atoms with Gasteiger partial charge in [0.2, 0.25) is 0 Å². The molecule has 1 aliphatic heterocycles. The maximum atomic E-state index is 12.5.